The van der Waals surface area contributed by atoms with Gasteiger partial charge in [0.25, 0.3) is 0 Å². The molecular weight excluding hydrogens is 501 g/mol. The fraction of sp³-hybridized carbons (Fsp3) is 0.696. The molecule has 0 bridgehead atoms. The number of carbonyl (C=O) groups is 2. The van der Waals surface area contributed by atoms with Crippen molar-refractivity contribution in [1.29, 1.82) is 0 Å². The second-order valence-electron chi connectivity index (χ2n) is 9.76. The van der Waals surface area contributed by atoms with Crippen molar-refractivity contribution in [2.24, 2.45) is 5.92 Å². The summed E-state index contributed by atoms with van der Waals surface area (Å²) in [4.78, 5) is 37.1. The van der Waals surface area contributed by atoms with E-state index in [-0.39, 0.29) is 30.9 Å². The molecule has 37 heavy (non-hydrogen) atoms. The first-order valence-electron chi connectivity index (χ1n) is 12.5. The van der Waals surface area contributed by atoms with Gasteiger partial charge in [0.15, 0.2) is 11.5 Å². The van der Waals surface area contributed by atoms with E-state index in [2.05, 4.69) is 25.1 Å². The van der Waals surface area contributed by atoms with Crippen LogP contribution in [0.25, 0.3) is 11.2 Å². The Labute approximate surface area is 216 Å². The number of nitrogen functional groups attached to an aromatic ring is 1. The molecule has 1 aliphatic carbocycles. The molecule has 4 atom stereocenters. The minimum absolute atomic E-state index is 0.0698. The molecule has 0 spiro atoms. The van der Waals surface area contributed by atoms with Gasteiger partial charge in [0, 0.05) is 6.54 Å². The summed E-state index contributed by atoms with van der Waals surface area (Å²) < 4.78 is 32.2. The van der Waals surface area contributed by atoms with E-state index in [0.717, 1.165) is 19.3 Å². The van der Waals surface area contributed by atoms with Crippen molar-refractivity contribution in [2.45, 2.75) is 84.8 Å². The van der Waals surface area contributed by atoms with Crippen LogP contribution in [-0.2, 0) is 34.9 Å². The van der Waals surface area contributed by atoms with Crippen LogP contribution in [-0.4, -0.2) is 68.7 Å². The fourth-order valence-corrected chi connectivity index (χ4v) is 5.58. The molecule has 1 unspecified atom stereocenters. The summed E-state index contributed by atoms with van der Waals surface area (Å²) in [6.07, 6.45) is 4.68. The van der Waals surface area contributed by atoms with Gasteiger partial charge in [0.2, 0.25) is 7.44 Å². The molecular formula is C23H38N7O6P. The van der Waals surface area contributed by atoms with E-state index in [1.165, 1.54) is 6.33 Å². The highest BCUT2D eigenvalue weighted by atomic mass is 31.2. The Morgan fingerprint density at radius 2 is 1.89 bits per heavy atom. The number of nitrogens with two attached hydrogens (primary N) is 1. The van der Waals surface area contributed by atoms with Crippen molar-refractivity contribution < 1.29 is 28.4 Å². The number of esters is 2. The molecule has 0 radical (unpaired) electrons. The molecule has 0 saturated heterocycles. The number of nitrogens with one attached hydrogen (secondary N) is 2. The molecule has 2 aromatic rings. The van der Waals surface area contributed by atoms with Crippen molar-refractivity contribution in [3.63, 3.8) is 0 Å². The number of rotatable bonds is 14. The predicted molar refractivity (Wildman–Crippen MR) is 137 cm³/mol. The van der Waals surface area contributed by atoms with Gasteiger partial charge in [-0.15, -0.1) is 0 Å². The lowest BCUT2D eigenvalue weighted by atomic mass is 9.96. The third kappa shape index (κ3) is 8.19. The van der Waals surface area contributed by atoms with Crippen LogP contribution >= 0.6 is 7.44 Å². The zero-order valence-electron chi connectivity index (χ0n) is 22.0. The van der Waals surface area contributed by atoms with Crippen LogP contribution in [0.3, 0.4) is 0 Å². The van der Waals surface area contributed by atoms with E-state index in [4.69, 9.17) is 19.9 Å². The zero-order valence-corrected chi connectivity index (χ0v) is 22.9. The highest BCUT2D eigenvalue weighted by Gasteiger charge is 2.32. The van der Waals surface area contributed by atoms with E-state index in [1.807, 2.05) is 6.92 Å². The minimum Gasteiger partial charge on any atom is -0.463 e. The summed E-state index contributed by atoms with van der Waals surface area (Å²) in [6, 6.07) is -0.840. The van der Waals surface area contributed by atoms with E-state index < -0.39 is 37.4 Å². The Balaban J connectivity index is 1.63. The van der Waals surface area contributed by atoms with Crippen LogP contribution in [0.1, 0.15) is 53.9 Å². The van der Waals surface area contributed by atoms with Crippen LogP contribution in [0.15, 0.2) is 12.7 Å². The van der Waals surface area contributed by atoms with Gasteiger partial charge < -0.3 is 24.5 Å². The Bertz CT molecular complexity index is 1120. The third-order valence-corrected chi connectivity index (χ3v) is 7.93. The first kappa shape index (κ1) is 29.0. The van der Waals surface area contributed by atoms with E-state index in [1.54, 1.807) is 38.6 Å². The molecule has 0 amide bonds. The molecule has 0 aromatic carbocycles. The van der Waals surface area contributed by atoms with E-state index >= 15 is 0 Å². The first-order valence-corrected chi connectivity index (χ1v) is 14.4. The van der Waals surface area contributed by atoms with Gasteiger partial charge in [-0.25, -0.2) is 20.0 Å². The number of hydrogen-bond donors (Lipinski definition) is 3. The quantitative estimate of drug-likeness (QED) is 0.236. The average molecular weight is 540 g/mol. The van der Waals surface area contributed by atoms with Crippen LogP contribution in [0.4, 0.5) is 5.82 Å². The number of ether oxygens (including phenoxy) is 3. The van der Waals surface area contributed by atoms with Crippen LogP contribution in [0.2, 0.25) is 0 Å². The smallest absolute Gasteiger partial charge is 0.323 e. The fourth-order valence-electron chi connectivity index (χ4n) is 3.56. The van der Waals surface area contributed by atoms with Gasteiger partial charge in [0.05, 0.1) is 31.0 Å². The summed E-state index contributed by atoms with van der Waals surface area (Å²) in [5.41, 5.74) is 6.91. The molecule has 3 rings (SSSR count). The molecule has 0 aliphatic heterocycles. The molecule has 4 N–H and O–H groups in total. The number of nitrogens with zero attached hydrogens (tertiary/aromatic N) is 4. The summed E-state index contributed by atoms with van der Waals surface area (Å²) in [7, 11) is -3.49. The molecule has 13 nitrogen and oxygen atoms in total. The normalized spacial score (nSPS) is 18.1. The molecule has 14 heteroatoms. The van der Waals surface area contributed by atoms with Gasteiger partial charge in [-0.2, -0.15) is 0 Å². The van der Waals surface area contributed by atoms with E-state index in [0.29, 0.717) is 17.7 Å². The van der Waals surface area contributed by atoms with Crippen molar-refractivity contribution in [3.8, 4) is 0 Å². The van der Waals surface area contributed by atoms with Crippen molar-refractivity contribution in [2.75, 3.05) is 18.6 Å². The molecule has 1 aliphatic rings. The predicted octanol–water partition coefficient (Wildman–Crippen LogP) is 2.22. The second-order valence-corrected chi connectivity index (χ2v) is 12.1. The maximum Gasteiger partial charge on any atom is 0.323 e. The highest BCUT2D eigenvalue weighted by molar-refractivity contribution is 7.59. The second kappa shape index (κ2) is 12.8. The minimum atomic E-state index is -3.49. The first-order chi connectivity index (χ1) is 17.5. The largest absolute Gasteiger partial charge is 0.463 e. The number of aromatic nitrogens is 4. The lowest BCUT2D eigenvalue weighted by molar-refractivity contribution is -0.154. The molecule has 1 saturated carbocycles. The van der Waals surface area contributed by atoms with Gasteiger partial charge in [0.1, 0.15) is 30.3 Å². The van der Waals surface area contributed by atoms with Crippen LogP contribution < -0.4 is 15.9 Å². The molecule has 2 aromatic heterocycles. The summed E-state index contributed by atoms with van der Waals surface area (Å²) in [5.74, 6) is -1.17. The third-order valence-electron chi connectivity index (χ3n) is 5.92. The summed E-state index contributed by atoms with van der Waals surface area (Å²) in [6.45, 7) is 9.05. The topological polar surface area (TPSA) is 173 Å². The maximum atomic E-state index is 13.8. The van der Waals surface area contributed by atoms with Crippen molar-refractivity contribution in [1.82, 2.24) is 29.7 Å². The Morgan fingerprint density at radius 1 is 1.16 bits per heavy atom. The van der Waals surface area contributed by atoms with Gasteiger partial charge in [-0.05, 0) is 47.0 Å². The lowest BCUT2D eigenvalue weighted by Gasteiger charge is -2.29. The van der Waals surface area contributed by atoms with Gasteiger partial charge in [-0.1, -0.05) is 6.92 Å². The van der Waals surface area contributed by atoms with Gasteiger partial charge >= 0.3 is 11.9 Å². The van der Waals surface area contributed by atoms with Crippen LogP contribution in [0, 0.1) is 5.92 Å². The SMILES string of the molecule is CC(C)OC(=O)[C@@H](C)CNP(=O)(CO[C@H](C)Cn1cnc2c(N)ncnc21)N[C@@H](C)C(=O)OC1CCC1. The van der Waals surface area contributed by atoms with Crippen molar-refractivity contribution in [3.05, 3.63) is 12.7 Å². The average Bonchev–Trinajstić information content (AvgIpc) is 3.22. The molecule has 206 valence electrons. The van der Waals surface area contributed by atoms with Crippen molar-refractivity contribution >= 4 is 36.4 Å². The Morgan fingerprint density at radius 3 is 2.54 bits per heavy atom. The number of imidazole rings is 1. The number of anilines is 1. The maximum absolute atomic E-state index is 13.8. The highest BCUT2D eigenvalue weighted by Crippen LogP contribution is 2.38. The molecule has 1 fully saturated rings. The van der Waals surface area contributed by atoms with E-state index in [9.17, 15) is 14.2 Å². The summed E-state index contributed by atoms with van der Waals surface area (Å²) in [5, 5.41) is 5.79. The Kier molecular flexibility index (Phi) is 10.00. The molecule has 2 heterocycles. The van der Waals surface area contributed by atoms with Crippen LogP contribution in [0.5, 0.6) is 0 Å². The Hall–Kier alpha value is -2.60. The summed E-state index contributed by atoms with van der Waals surface area (Å²) >= 11 is 0. The zero-order chi connectivity index (χ0) is 27.2. The lowest BCUT2D eigenvalue weighted by Crippen LogP contribution is -2.41. The number of fused-ring (bicyclic) bond motifs is 1. The number of carbonyl (C=O) groups excluding carboxylic acids is 2. The standard InChI is InChI=1S/C23H38N7O6P/c1-14(2)35-22(31)15(3)9-28-37(33,29-17(5)23(32)36-18-7-6-8-18)13-34-16(4)10-30-12-27-19-20(24)25-11-26-21(19)30/h11-12,14-18H,6-10,13H2,1-5H3,(H2,24,25,26)(H2,28,29,33)/t15-,16+,17-,37?/m0/s1. The monoisotopic (exact) mass is 539 g/mol. The van der Waals surface area contributed by atoms with Gasteiger partial charge in [-0.3, -0.25) is 19.2 Å². The number of hydrogen-bond acceptors (Lipinski definition) is 10.